The molecule has 0 spiro atoms. The van der Waals surface area contributed by atoms with E-state index in [1.807, 2.05) is 6.92 Å². The monoisotopic (exact) mass is 299 g/mol. The SMILES string of the molecule is CCC1(C(=O)Nc2cc([N+](=O)[O-])c(F)cc2F)CCCN1. The molecule has 1 unspecified atom stereocenters. The molecular formula is C13H15F2N3O3. The zero-order chi connectivity index (χ0) is 15.6. The van der Waals surface area contributed by atoms with Crippen LogP contribution in [-0.4, -0.2) is 22.9 Å². The molecule has 1 heterocycles. The molecule has 1 amide bonds. The molecule has 1 aromatic rings. The fourth-order valence-electron chi connectivity index (χ4n) is 2.48. The molecular weight excluding hydrogens is 284 g/mol. The summed E-state index contributed by atoms with van der Waals surface area (Å²) in [4.78, 5) is 22.0. The molecule has 0 bridgehead atoms. The average molecular weight is 299 g/mol. The summed E-state index contributed by atoms with van der Waals surface area (Å²) in [7, 11) is 0. The molecule has 114 valence electrons. The first-order valence-electron chi connectivity index (χ1n) is 6.59. The van der Waals surface area contributed by atoms with Gasteiger partial charge in [0.05, 0.1) is 16.1 Å². The van der Waals surface area contributed by atoms with Gasteiger partial charge >= 0.3 is 5.69 Å². The second kappa shape index (κ2) is 5.72. The van der Waals surface area contributed by atoms with E-state index >= 15 is 0 Å². The summed E-state index contributed by atoms with van der Waals surface area (Å²) in [6.07, 6.45) is 1.91. The minimum absolute atomic E-state index is 0.394. The zero-order valence-electron chi connectivity index (χ0n) is 11.4. The van der Waals surface area contributed by atoms with E-state index in [2.05, 4.69) is 10.6 Å². The number of carbonyl (C=O) groups is 1. The fourth-order valence-corrected chi connectivity index (χ4v) is 2.48. The second-order valence-corrected chi connectivity index (χ2v) is 4.96. The molecule has 0 aromatic heterocycles. The number of hydrogen-bond donors (Lipinski definition) is 2. The molecule has 2 N–H and O–H groups in total. The van der Waals surface area contributed by atoms with Crippen molar-refractivity contribution in [1.82, 2.24) is 5.32 Å². The minimum Gasteiger partial charge on any atom is -0.322 e. The summed E-state index contributed by atoms with van der Waals surface area (Å²) < 4.78 is 26.9. The van der Waals surface area contributed by atoms with E-state index in [1.54, 1.807) is 0 Å². The van der Waals surface area contributed by atoms with Gasteiger partial charge in [-0.15, -0.1) is 0 Å². The molecule has 1 fully saturated rings. The summed E-state index contributed by atoms with van der Waals surface area (Å²) in [6, 6.07) is 1.09. The largest absolute Gasteiger partial charge is 0.322 e. The number of hydrogen-bond acceptors (Lipinski definition) is 4. The fraction of sp³-hybridized carbons (Fsp3) is 0.462. The van der Waals surface area contributed by atoms with Gasteiger partial charge in [-0.05, 0) is 25.8 Å². The van der Waals surface area contributed by atoms with E-state index in [-0.39, 0.29) is 0 Å². The lowest BCUT2D eigenvalue weighted by molar-refractivity contribution is -0.387. The van der Waals surface area contributed by atoms with Crippen molar-refractivity contribution in [1.29, 1.82) is 0 Å². The Bertz CT molecular complexity index is 586. The van der Waals surface area contributed by atoms with E-state index in [0.29, 0.717) is 31.5 Å². The van der Waals surface area contributed by atoms with Crippen LogP contribution >= 0.6 is 0 Å². The first-order chi connectivity index (χ1) is 9.89. The van der Waals surface area contributed by atoms with Crippen LogP contribution < -0.4 is 10.6 Å². The Balaban J connectivity index is 2.29. The van der Waals surface area contributed by atoms with Crippen LogP contribution in [0.3, 0.4) is 0 Å². The van der Waals surface area contributed by atoms with Crippen LogP contribution in [0.4, 0.5) is 20.2 Å². The van der Waals surface area contributed by atoms with Gasteiger partial charge in [-0.25, -0.2) is 4.39 Å². The van der Waals surface area contributed by atoms with Crippen molar-refractivity contribution < 1.29 is 18.5 Å². The lowest BCUT2D eigenvalue weighted by Gasteiger charge is -2.26. The van der Waals surface area contributed by atoms with Crippen LogP contribution in [0.15, 0.2) is 12.1 Å². The lowest BCUT2D eigenvalue weighted by atomic mass is 9.93. The van der Waals surface area contributed by atoms with E-state index < -0.39 is 39.4 Å². The predicted molar refractivity (Wildman–Crippen MR) is 71.9 cm³/mol. The standard InChI is InChI=1S/C13H15F2N3O3/c1-2-13(4-3-5-16-13)12(19)17-10-7-11(18(20)21)9(15)6-8(10)14/h6-7,16H,2-5H2,1H3,(H,17,19). The summed E-state index contributed by atoms with van der Waals surface area (Å²) in [5.41, 5.74) is -2.08. The number of amides is 1. The van der Waals surface area contributed by atoms with Gasteiger partial charge in [0.15, 0.2) is 0 Å². The van der Waals surface area contributed by atoms with Crippen molar-refractivity contribution in [2.75, 3.05) is 11.9 Å². The van der Waals surface area contributed by atoms with Crippen molar-refractivity contribution in [3.8, 4) is 0 Å². The molecule has 0 saturated carbocycles. The highest BCUT2D eigenvalue weighted by Crippen LogP contribution is 2.28. The van der Waals surface area contributed by atoms with Gasteiger partial charge in [-0.3, -0.25) is 14.9 Å². The van der Waals surface area contributed by atoms with Gasteiger partial charge in [-0.1, -0.05) is 6.92 Å². The molecule has 2 rings (SSSR count). The first kappa shape index (κ1) is 15.3. The van der Waals surface area contributed by atoms with Crippen molar-refractivity contribution >= 4 is 17.3 Å². The Hall–Kier alpha value is -2.09. The van der Waals surface area contributed by atoms with E-state index in [4.69, 9.17) is 0 Å². The number of anilines is 1. The van der Waals surface area contributed by atoms with Crippen LogP contribution in [-0.2, 0) is 4.79 Å². The first-order valence-corrected chi connectivity index (χ1v) is 6.59. The highest BCUT2D eigenvalue weighted by atomic mass is 19.1. The molecule has 21 heavy (non-hydrogen) atoms. The summed E-state index contributed by atoms with van der Waals surface area (Å²) in [5.74, 6) is -2.79. The average Bonchev–Trinajstić information content (AvgIpc) is 2.91. The van der Waals surface area contributed by atoms with Gasteiger partial charge < -0.3 is 10.6 Å². The molecule has 0 radical (unpaired) electrons. The highest BCUT2D eigenvalue weighted by molar-refractivity contribution is 5.98. The summed E-state index contributed by atoms with van der Waals surface area (Å²) in [6.45, 7) is 2.49. The normalized spacial score (nSPS) is 21.3. The predicted octanol–water partition coefficient (Wildman–Crippen LogP) is 2.34. The number of halogens is 2. The summed E-state index contributed by atoms with van der Waals surface area (Å²) in [5, 5.41) is 16.0. The minimum atomic E-state index is -1.28. The molecule has 1 aliphatic rings. The van der Waals surface area contributed by atoms with Gasteiger partial charge in [0.1, 0.15) is 5.82 Å². The smallest absolute Gasteiger partial charge is 0.307 e. The molecule has 1 atom stereocenters. The maximum atomic E-state index is 13.7. The topological polar surface area (TPSA) is 84.3 Å². The second-order valence-electron chi connectivity index (χ2n) is 4.96. The number of nitrogens with one attached hydrogen (secondary N) is 2. The van der Waals surface area contributed by atoms with Crippen LogP contribution in [0.5, 0.6) is 0 Å². The van der Waals surface area contributed by atoms with Crippen molar-refractivity contribution in [3.05, 3.63) is 33.9 Å². The molecule has 1 aromatic carbocycles. The number of benzene rings is 1. The maximum absolute atomic E-state index is 13.7. The number of rotatable bonds is 4. The third-order valence-electron chi connectivity index (χ3n) is 3.76. The summed E-state index contributed by atoms with van der Waals surface area (Å²) >= 11 is 0. The van der Waals surface area contributed by atoms with Crippen molar-refractivity contribution in [2.45, 2.75) is 31.7 Å². The third kappa shape index (κ3) is 2.85. The van der Waals surface area contributed by atoms with Crippen LogP contribution in [0.1, 0.15) is 26.2 Å². The van der Waals surface area contributed by atoms with E-state index in [9.17, 15) is 23.7 Å². The molecule has 8 heteroatoms. The van der Waals surface area contributed by atoms with Crippen LogP contribution in [0.2, 0.25) is 0 Å². The highest BCUT2D eigenvalue weighted by Gasteiger charge is 2.39. The quantitative estimate of drug-likeness (QED) is 0.660. The van der Waals surface area contributed by atoms with Gasteiger partial charge in [0, 0.05) is 12.1 Å². The van der Waals surface area contributed by atoms with Gasteiger partial charge in [0.2, 0.25) is 11.7 Å². The Morgan fingerprint density at radius 3 is 2.71 bits per heavy atom. The molecule has 0 aliphatic carbocycles. The molecule has 1 saturated heterocycles. The Morgan fingerprint density at radius 1 is 1.48 bits per heavy atom. The van der Waals surface area contributed by atoms with Crippen LogP contribution in [0.25, 0.3) is 0 Å². The van der Waals surface area contributed by atoms with E-state index in [0.717, 1.165) is 6.42 Å². The number of nitrogens with zero attached hydrogens (tertiary/aromatic N) is 1. The molecule has 1 aliphatic heterocycles. The number of carbonyl (C=O) groups excluding carboxylic acids is 1. The van der Waals surface area contributed by atoms with Crippen LogP contribution in [0, 0.1) is 21.7 Å². The molecule has 6 nitrogen and oxygen atoms in total. The van der Waals surface area contributed by atoms with Gasteiger partial charge in [0.25, 0.3) is 0 Å². The zero-order valence-corrected chi connectivity index (χ0v) is 11.4. The number of nitro benzene ring substituents is 1. The van der Waals surface area contributed by atoms with Crippen molar-refractivity contribution in [3.63, 3.8) is 0 Å². The van der Waals surface area contributed by atoms with Gasteiger partial charge in [-0.2, -0.15) is 4.39 Å². The Morgan fingerprint density at radius 2 is 2.19 bits per heavy atom. The Kier molecular flexibility index (Phi) is 4.17. The Labute approximate surface area is 119 Å². The van der Waals surface area contributed by atoms with Crippen molar-refractivity contribution in [2.24, 2.45) is 0 Å². The lowest BCUT2D eigenvalue weighted by Crippen LogP contribution is -2.50. The maximum Gasteiger partial charge on any atom is 0.307 e. The van der Waals surface area contributed by atoms with E-state index in [1.165, 1.54) is 0 Å². The third-order valence-corrected chi connectivity index (χ3v) is 3.76. The number of nitro groups is 1.